The third-order valence-electron chi connectivity index (χ3n) is 3.63. The van der Waals surface area contributed by atoms with Crippen LogP contribution in [0.1, 0.15) is 37.4 Å². The molecule has 19 heavy (non-hydrogen) atoms. The van der Waals surface area contributed by atoms with Crippen LogP contribution in [0.4, 0.5) is 5.69 Å². The molecule has 5 nitrogen and oxygen atoms in total. The molecule has 3 rings (SSSR count). The summed E-state index contributed by atoms with van der Waals surface area (Å²) in [6.07, 6.45) is 2.70. The van der Waals surface area contributed by atoms with Crippen LogP contribution in [0.3, 0.4) is 0 Å². The molecule has 0 spiro atoms. The van der Waals surface area contributed by atoms with Crippen LogP contribution in [0.15, 0.2) is 35.6 Å². The molecule has 5 heteroatoms. The number of carbonyl (C=O) groups is 1. The van der Waals surface area contributed by atoms with Crippen LogP contribution in [0, 0.1) is 10.1 Å². The summed E-state index contributed by atoms with van der Waals surface area (Å²) in [4.78, 5) is 21.9. The zero-order chi connectivity index (χ0) is 13.4. The van der Waals surface area contributed by atoms with Crippen molar-refractivity contribution in [2.24, 2.45) is 0 Å². The van der Waals surface area contributed by atoms with Crippen molar-refractivity contribution in [3.63, 3.8) is 0 Å². The van der Waals surface area contributed by atoms with Gasteiger partial charge < -0.3 is 4.74 Å². The Morgan fingerprint density at radius 3 is 2.58 bits per heavy atom. The minimum absolute atomic E-state index is 0.0653. The van der Waals surface area contributed by atoms with E-state index in [1.807, 2.05) is 0 Å². The van der Waals surface area contributed by atoms with Gasteiger partial charge in [0, 0.05) is 37.0 Å². The quantitative estimate of drug-likeness (QED) is 0.604. The van der Waals surface area contributed by atoms with Crippen molar-refractivity contribution < 1.29 is 14.5 Å². The molecule has 0 saturated carbocycles. The van der Waals surface area contributed by atoms with Gasteiger partial charge in [-0.2, -0.15) is 0 Å². The Kier molecular flexibility index (Phi) is 2.81. The first kappa shape index (κ1) is 11.9. The van der Waals surface area contributed by atoms with E-state index in [9.17, 15) is 14.9 Å². The van der Waals surface area contributed by atoms with Crippen LogP contribution in [-0.2, 0) is 9.53 Å². The molecule has 1 aliphatic heterocycles. The number of non-ortho nitro benzene ring substituents is 1. The number of benzene rings is 1. The second-order valence-corrected chi connectivity index (χ2v) is 4.84. The van der Waals surface area contributed by atoms with Crippen molar-refractivity contribution >= 4 is 11.5 Å². The molecule has 0 aromatic heterocycles. The number of nitro benzene ring substituents is 1. The molecule has 0 bridgehead atoms. The smallest absolute Gasteiger partial charge is 0.269 e. The van der Waals surface area contributed by atoms with Crippen LogP contribution in [-0.4, -0.2) is 10.7 Å². The van der Waals surface area contributed by atoms with E-state index in [-0.39, 0.29) is 17.6 Å². The van der Waals surface area contributed by atoms with Crippen LogP contribution in [0.25, 0.3) is 0 Å². The number of Topliss-reactive ketones (excluding diaryl/α,β-unsaturated/α-hetero) is 1. The van der Waals surface area contributed by atoms with Gasteiger partial charge in [-0.05, 0) is 24.1 Å². The first-order valence-corrected chi connectivity index (χ1v) is 6.31. The lowest BCUT2D eigenvalue weighted by atomic mass is 9.93. The van der Waals surface area contributed by atoms with Gasteiger partial charge in [0.2, 0.25) is 0 Å². The SMILES string of the molecule is O=C1CCCC2=C1CC(c1ccc([N+](=O)[O-])cc1)O2. The Balaban J connectivity index is 1.79. The third kappa shape index (κ3) is 2.12. The molecule has 1 aromatic rings. The first-order chi connectivity index (χ1) is 9.15. The second-order valence-electron chi connectivity index (χ2n) is 4.84. The summed E-state index contributed by atoms with van der Waals surface area (Å²) in [5.74, 6) is 1.00. The van der Waals surface area contributed by atoms with Gasteiger partial charge in [-0.15, -0.1) is 0 Å². The second kappa shape index (κ2) is 4.50. The van der Waals surface area contributed by atoms with Gasteiger partial charge in [-0.1, -0.05) is 0 Å². The van der Waals surface area contributed by atoms with Crippen molar-refractivity contribution in [1.29, 1.82) is 0 Å². The summed E-state index contributed by atoms with van der Waals surface area (Å²) in [6, 6.07) is 6.34. The Bertz CT molecular complexity index is 574. The molecule has 1 aromatic carbocycles. The van der Waals surface area contributed by atoms with Crippen molar-refractivity contribution in [3.8, 4) is 0 Å². The molecular formula is C14H13NO4. The zero-order valence-corrected chi connectivity index (χ0v) is 10.3. The molecule has 1 aliphatic carbocycles. The first-order valence-electron chi connectivity index (χ1n) is 6.31. The number of carbonyl (C=O) groups excluding carboxylic acids is 1. The lowest BCUT2D eigenvalue weighted by Gasteiger charge is -2.13. The Hall–Kier alpha value is -2.17. The predicted octanol–water partition coefficient (Wildman–Crippen LogP) is 3.06. The van der Waals surface area contributed by atoms with Crippen molar-refractivity contribution in [1.82, 2.24) is 0 Å². The molecule has 0 N–H and O–H groups in total. The standard InChI is InChI=1S/C14H13NO4/c16-12-2-1-3-13-11(12)8-14(19-13)9-4-6-10(7-5-9)15(17)18/h4-7,14H,1-3,8H2. The number of hydrogen-bond acceptors (Lipinski definition) is 4. The highest BCUT2D eigenvalue weighted by molar-refractivity contribution is 5.97. The van der Waals surface area contributed by atoms with Crippen LogP contribution in [0.2, 0.25) is 0 Å². The summed E-state index contributed by atoms with van der Waals surface area (Å²) in [7, 11) is 0. The Labute approximate surface area is 110 Å². The van der Waals surface area contributed by atoms with Gasteiger partial charge >= 0.3 is 0 Å². The zero-order valence-electron chi connectivity index (χ0n) is 10.3. The van der Waals surface area contributed by atoms with E-state index in [4.69, 9.17) is 4.74 Å². The topological polar surface area (TPSA) is 69.4 Å². The van der Waals surface area contributed by atoms with Gasteiger partial charge in [0.05, 0.1) is 4.92 Å². The molecule has 1 unspecified atom stereocenters. The van der Waals surface area contributed by atoms with E-state index in [0.29, 0.717) is 12.8 Å². The van der Waals surface area contributed by atoms with Gasteiger partial charge in [0.15, 0.2) is 5.78 Å². The van der Waals surface area contributed by atoms with Crippen LogP contribution in [0.5, 0.6) is 0 Å². The molecule has 0 radical (unpaired) electrons. The van der Waals surface area contributed by atoms with E-state index in [0.717, 1.165) is 29.7 Å². The van der Waals surface area contributed by atoms with Crippen molar-refractivity contribution in [2.75, 3.05) is 0 Å². The average molecular weight is 259 g/mol. The van der Waals surface area contributed by atoms with Gasteiger partial charge in [0.1, 0.15) is 11.9 Å². The summed E-state index contributed by atoms with van der Waals surface area (Å²) in [5.41, 5.74) is 1.76. The van der Waals surface area contributed by atoms with E-state index < -0.39 is 4.92 Å². The van der Waals surface area contributed by atoms with Crippen molar-refractivity contribution in [2.45, 2.75) is 31.8 Å². The number of allylic oxidation sites excluding steroid dienone is 1. The monoisotopic (exact) mass is 259 g/mol. The summed E-state index contributed by atoms with van der Waals surface area (Å²) in [6.45, 7) is 0. The molecule has 0 saturated heterocycles. The molecule has 0 amide bonds. The van der Waals surface area contributed by atoms with Gasteiger partial charge in [-0.3, -0.25) is 14.9 Å². The molecule has 1 atom stereocenters. The van der Waals surface area contributed by atoms with E-state index in [1.165, 1.54) is 12.1 Å². The molecule has 1 heterocycles. The predicted molar refractivity (Wildman–Crippen MR) is 67.4 cm³/mol. The molecule has 0 fully saturated rings. The van der Waals surface area contributed by atoms with E-state index >= 15 is 0 Å². The normalized spacial score (nSPS) is 22.1. The maximum Gasteiger partial charge on any atom is 0.269 e. The highest BCUT2D eigenvalue weighted by Gasteiger charge is 2.33. The number of ether oxygens (including phenoxy) is 1. The van der Waals surface area contributed by atoms with Crippen LogP contribution < -0.4 is 0 Å². The minimum atomic E-state index is -0.425. The Morgan fingerprint density at radius 1 is 1.21 bits per heavy atom. The lowest BCUT2D eigenvalue weighted by Crippen LogP contribution is -2.07. The van der Waals surface area contributed by atoms with Crippen molar-refractivity contribution in [3.05, 3.63) is 51.3 Å². The number of nitro groups is 1. The summed E-state index contributed by atoms with van der Waals surface area (Å²) in [5, 5.41) is 10.6. The van der Waals surface area contributed by atoms with Gasteiger partial charge in [0.25, 0.3) is 5.69 Å². The number of rotatable bonds is 2. The maximum atomic E-state index is 11.8. The lowest BCUT2D eigenvalue weighted by molar-refractivity contribution is -0.384. The highest BCUT2D eigenvalue weighted by atomic mass is 16.6. The van der Waals surface area contributed by atoms with Crippen LogP contribution >= 0.6 is 0 Å². The summed E-state index contributed by atoms with van der Waals surface area (Å²) < 4.78 is 5.81. The van der Waals surface area contributed by atoms with E-state index in [2.05, 4.69) is 0 Å². The Morgan fingerprint density at radius 2 is 1.95 bits per heavy atom. The minimum Gasteiger partial charge on any atom is -0.489 e. The highest BCUT2D eigenvalue weighted by Crippen LogP contribution is 2.41. The fraction of sp³-hybridized carbons (Fsp3) is 0.357. The fourth-order valence-corrected chi connectivity index (χ4v) is 2.62. The molecule has 2 aliphatic rings. The number of nitrogens with zero attached hydrogens (tertiary/aromatic N) is 1. The fourth-order valence-electron chi connectivity index (χ4n) is 2.62. The largest absolute Gasteiger partial charge is 0.489 e. The third-order valence-corrected chi connectivity index (χ3v) is 3.63. The number of ketones is 1. The van der Waals surface area contributed by atoms with Gasteiger partial charge in [-0.25, -0.2) is 0 Å². The maximum absolute atomic E-state index is 11.8. The van der Waals surface area contributed by atoms with E-state index in [1.54, 1.807) is 12.1 Å². The molecule has 98 valence electrons. The average Bonchev–Trinajstić information content (AvgIpc) is 2.84. The summed E-state index contributed by atoms with van der Waals surface area (Å²) >= 11 is 0. The number of hydrogen-bond donors (Lipinski definition) is 0. The molecular weight excluding hydrogens is 246 g/mol.